The van der Waals surface area contributed by atoms with Crippen molar-refractivity contribution in [3.63, 3.8) is 0 Å². The van der Waals surface area contributed by atoms with E-state index in [1.807, 2.05) is 59.5 Å². The fourth-order valence-corrected chi connectivity index (χ4v) is 2.54. The molecule has 0 aliphatic heterocycles. The van der Waals surface area contributed by atoms with Gasteiger partial charge in [0.2, 0.25) is 5.91 Å². The van der Waals surface area contributed by atoms with E-state index in [9.17, 15) is 9.90 Å². The minimum Gasteiger partial charge on any atom is -0.395 e. The van der Waals surface area contributed by atoms with Crippen LogP contribution in [0.3, 0.4) is 0 Å². The van der Waals surface area contributed by atoms with Gasteiger partial charge in [-0.25, -0.2) is 0 Å². The predicted octanol–water partition coefficient (Wildman–Crippen LogP) is 2.68. The zero-order valence-electron chi connectivity index (χ0n) is 13.5. The van der Waals surface area contributed by atoms with Gasteiger partial charge in [-0.05, 0) is 23.6 Å². The van der Waals surface area contributed by atoms with Crippen LogP contribution in [0.2, 0.25) is 0 Å². The topological polar surface area (TPSA) is 52.6 Å². The highest BCUT2D eigenvalue weighted by Gasteiger charge is 2.12. The molecule has 0 atom stereocenters. The van der Waals surface area contributed by atoms with Gasteiger partial charge in [-0.3, -0.25) is 9.69 Å². The van der Waals surface area contributed by atoms with Crippen LogP contribution in [0.1, 0.15) is 18.1 Å². The number of hydrogen-bond donors (Lipinski definition) is 2. The van der Waals surface area contributed by atoms with Crippen molar-refractivity contribution >= 4 is 11.6 Å². The fourth-order valence-electron chi connectivity index (χ4n) is 2.54. The van der Waals surface area contributed by atoms with E-state index in [4.69, 9.17) is 0 Å². The van der Waals surface area contributed by atoms with Gasteiger partial charge < -0.3 is 10.4 Å². The number of aliphatic hydroxyl groups is 1. The number of carbonyl (C=O) groups excluding carboxylic acids is 1. The van der Waals surface area contributed by atoms with Gasteiger partial charge in [-0.1, -0.05) is 55.5 Å². The zero-order chi connectivity index (χ0) is 16.5. The fraction of sp³-hybridized carbons (Fsp3) is 0.316. The molecule has 0 aliphatic carbocycles. The molecule has 0 spiro atoms. The quantitative estimate of drug-likeness (QED) is 0.788. The van der Waals surface area contributed by atoms with Gasteiger partial charge in [0.1, 0.15) is 0 Å². The van der Waals surface area contributed by atoms with Gasteiger partial charge in [0.15, 0.2) is 0 Å². The van der Waals surface area contributed by atoms with Crippen molar-refractivity contribution in [1.82, 2.24) is 4.90 Å². The van der Waals surface area contributed by atoms with E-state index in [-0.39, 0.29) is 19.1 Å². The molecule has 2 aromatic carbocycles. The lowest BCUT2D eigenvalue weighted by atomic mass is 10.1. The Morgan fingerprint density at radius 1 is 1.09 bits per heavy atom. The summed E-state index contributed by atoms with van der Waals surface area (Å²) in [7, 11) is 0. The summed E-state index contributed by atoms with van der Waals surface area (Å²) in [5.74, 6) is -0.0599. The van der Waals surface area contributed by atoms with Crippen LogP contribution in [0.4, 0.5) is 5.69 Å². The number of aryl methyl sites for hydroxylation is 1. The Labute approximate surface area is 137 Å². The molecule has 122 valence electrons. The molecule has 0 aliphatic rings. The molecule has 0 bridgehead atoms. The lowest BCUT2D eigenvalue weighted by Crippen LogP contribution is -2.35. The lowest BCUT2D eigenvalue weighted by Gasteiger charge is -2.21. The van der Waals surface area contributed by atoms with Gasteiger partial charge in [0.25, 0.3) is 0 Å². The maximum atomic E-state index is 12.3. The Morgan fingerprint density at radius 3 is 2.48 bits per heavy atom. The van der Waals surface area contributed by atoms with E-state index in [2.05, 4.69) is 12.2 Å². The Kier molecular flexibility index (Phi) is 6.78. The van der Waals surface area contributed by atoms with Gasteiger partial charge in [0.05, 0.1) is 13.2 Å². The number of anilines is 1. The van der Waals surface area contributed by atoms with Crippen molar-refractivity contribution < 1.29 is 9.90 Å². The molecule has 0 saturated carbocycles. The van der Waals surface area contributed by atoms with Crippen LogP contribution >= 0.6 is 0 Å². The Balaban J connectivity index is 1.97. The van der Waals surface area contributed by atoms with Crippen LogP contribution < -0.4 is 5.32 Å². The summed E-state index contributed by atoms with van der Waals surface area (Å²) in [6.07, 6.45) is 0.876. The molecule has 4 heteroatoms. The molecule has 2 rings (SSSR count). The van der Waals surface area contributed by atoms with Crippen LogP contribution in [-0.4, -0.2) is 35.6 Å². The Hall–Kier alpha value is -2.17. The molecule has 0 saturated heterocycles. The average molecular weight is 312 g/mol. The molecule has 1 amide bonds. The average Bonchev–Trinajstić information content (AvgIpc) is 2.56. The largest absolute Gasteiger partial charge is 0.395 e. The minimum absolute atomic E-state index is 0.0334. The van der Waals surface area contributed by atoms with Crippen molar-refractivity contribution in [2.45, 2.75) is 19.9 Å². The third-order valence-corrected chi connectivity index (χ3v) is 3.70. The van der Waals surface area contributed by atoms with Crippen LogP contribution in [0.15, 0.2) is 54.6 Å². The standard InChI is InChI=1S/C19H24N2O2/c1-2-17-10-6-7-11-18(17)20-19(23)15-21(12-13-22)14-16-8-4-3-5-9-16/h3-11,22H,2,12-15H2,1H3,(H,20,23). The number of carbonyl (C=O) groups is 1. The summed E-state index contributed by atoms with van der Waals surface area (Å²) in [6, 6.07) is 17.8. The molecule has 0 radical (unpaired) electrons. The Bertz CT molecular complexity index is 614. The van der Waals surface area contributed by atoms with Crippen molar-refractivity contribution in [2.24, 2.45) is 0 Å². The summed E-state index contributed by atoms with van der Waals surface area (Å²) >= 11 is 0. The van der Waals surface area contributed by atoms with Crippen LogP contribution in [0, 0.1) is 0 Å². The summed E-state index contributed by atoms with van der Waals surface area (Å²) < 4.78 is 0. The van der Waals surface area contributed by atoms with E-state index in [1.165, 1.54) is 0 Å². The second-order valence-electron chi connectivity index (χ2n) is 5.48. The number of rotatable bonds is 8. The highest BCUT2D eigenvalue weighted by molar-refractivity contribution is 5.93. The first-order chi connectivity index (χ1) is 11.2. The molecular formula is C19H24N2O2. The van der Waals surface area contributed by atoms with E-state index in [0.717, 1.165) is 23.2 Å². The van der Waals surface area contributed by atoms with Crippen LogP contribution in [-0.2, 0) is 17.8 Å². The van der Waals surface area contributed by atoms with Crippen LogP contribution in [0.5, 0.6) is 0 Å². The smallest absolute Gasteiger partial charge is 0.238 e. The number of para-hydroxylation sites is 1. The minimum atomic E-state index is -0.0599. The molecule has 0 heterocycles. The first-order valence-corrected chi connectivity index (χ1v) is 7.97. The monoisotopic (exact) mass is 312 g/mol. The third kappa shape index (κ3) is 5.51. The summed E-state index contributed by atoms with van der Waals surface area (Å²) in [4.78, 5) is 14.3. The van der Waals surface area contributed by atoms with Gasteiger partial charge in [-0.15, -0.1) is 0 Å². The number of amides is 1. The predicted molar refractivity (Wildman–Crippen MR) is 93.3 cm³/mol. The summed E-state index contributed by atoms with van der Waals surface area (Å²) in [6.45, 7) is 3.47. The number of nitrogens with zero attached hydrogens (tertiary/aromatic N) is 1. The highest BCUT2D eigenvalue weighted by Crippen LogP contribution is 2.15. The van der Waals surface area contributed by atoms with E-state index in [1.54, 1.807) is 0 Å². The maximum Gasteiger partial charge on any atom is 0.238 e. The molecule has 23 heavy (non-hydrogen) atoms. The summed E-state index contributed by atoms with van der Waals surface area (Å²) in [5, 5.41) is 12.2. The molecule has 0 unspecified atom stereocenters. The second kappa shape index (κ2) is 9.08. The van der Waals surface area contributed by atoms with E-state index >= 15 is 0 Å². The molecule has 2 aromatic rings. The summed E-state index contributed by atoms with van der Waals surface area (Å²) in [5.41, 5.74) is 3.11. The molecule has 4 nitrogen and oxygen atoms in total. The molecule has 0 fully saturated rings. The molecule has 2 N–H and O–H groups in total. The normalized spacial score (nSPS) is 10.7. The lowest BCUT2D eigenvalue weighted by molar-refractivity contribution is -0.117. The number of nitrogens with one attached hydrogen (secondary N) is 1. The van der Waals surface area contributed by atoms with Crippen LogP contribution in [0.25, 0.3) is 0 Å². The van der Waals surface area contributed by atoms with Crippen molar-refractivity contribution in [1.29, 1.82) is 0 Å². The van der Waals surface area contributed by atoms with E-state index < -0.39 is 0 Å². The molecular weight excluding hydrogens is 288 g/mol. The van der Waals surface area contributed by atoms with Crippen molar-refractivity contribution in [3.05, 3.63) is 65.7 Å². The van der Waals surface area contributed by atoms with Gasteiger partial charge in [-0.2, -0.15) is 0 Å². The van der Waals surface area contributed by atoms with Gasteiger partial charge in [0, 0.05) is 18.8 Å². The third-order valence-electron chi connectivity index (χ3n) is 3.70. The molecule has 0 aromatic heterocycles. The zero-order valence-corrected chi connectivity index (χ0v) is 13.5. The Morgan fingerprint density at radius 2 is 1.78 bits per heavy atom. The maximum absolute atomic E-state index is 12.3. The van der Waals surface area contributed by atoms with Gasteiger partial charge >= 0.3 is 0 Å². The first-order valence-electron chi connectivity index (χ1n) is 7.97. The second-order valence-corrected chi connectivity index (χ2v) is 5.48. The van der Waals surface area contributed by atoms with Crippen molar-refractivity contribution in [2.75, 3.05) is 25.0 Å². The SMILES string of the molecule is CCc1ccccc1NC(=O)CN(CCO)Cc1ccccc1. The number of aliphatic hydroxyl groups excluding tert-OH is 1. The number of hydrogen-bond acceptors (Lipinski definition) is 3. The number of benzene rings is 2. The van der Waals surface area contributed by atoms with Crippen molar-refractivity contribution in [3.8, 4) is 0 Å². The van der Waals surface area contributed by atoms with E-state index in [0.29, 0.717) is 13.1 Å². The highest BCUT2D eigenvalue weighted by atomic mass is 16.3. The first kappa shape index (κ1) is 17.2.